The fourth-order valence-corrected chi connectivity index (χ4v) is 2.18. The first kappa shape index (κ1) is 16.7. The molecule has 0 aliphatic rings. The number of nitrogens with zero attached hydrogens (tertiary/aromatic N) is 2. The predicted octanol–water partition coefficient (Wildman–Crippen LogP) is 3.17. The Kier molecular flexibility index (Phi) is 5.06. The minimum atomic E-state index is -0.492. The molecule has 0 unspecified atom stereocenters. The molecule has 2 aromatic carbocycles. The Labute approximate surface area is 148 Å². The summed E-state index contributed by atoms with van der Waals surface area (Å²) >= 11 is 5.48. The van der Waals surface area contributed by atoms with Gasteiger partial charge in [0.25, 0.3) is 5.91 Å². The average Bonchev–Trinajstić information content (AvgIpc) is 3.11. The van der Waals surface area contributed by atoms with Crippen molar-refractivity contribution in [2.24, 2.45) is 0 Å². The van der Waals surface area contributed by atoms with Crippen molar-refractivity contribution in [3.05, 3.63) is 60.2 Å². The number of carbonyl (C=O) groups is 2. The monoisotopic (exact) mass is 356 g/mol. The standard InChI is InChI=1S/C17H13ClN4O3/c18-10-14(23)19-13-9-5-4-8-12(13)15(24)20-17-22-21-16(25-17)11-6-2-1-3-7-11/h1-9H,10H2,(H,19,23)(H,20,22,24). The number of aromatic nitrogens is 2. The molecular weight excluding hydrogens is 344 g/mol. The van der Waals surface area contributed by atoms with Crippen molar-refractivity contribution in [1.82, 2.24) is 10.2 Å². The largest absolute Gasteiger partial charge is 0.403 e. The van der Waals surface area contributed by atoms with E-state index in [2.05, 4.69) is 20.8 Å². The van der Waals surface area contributed by atoms with Crippen molar-refractivity contribution in [3.8, 4) is 11.5 Å². The lowest BCUT2D eigenvalue weighted by Crippen LogP contribution is -2.18. The molecule has 0 spiro atoms. The summed E-state index contributed by atoms with van der Waals surface area (Å²) in [7, 11) is 0. The van der Waals surface area contributed by atoms with Crippen molar-refractivity contribution < 1.29 is 14.0 Å². The zero-order valence-electron chi connectivity index (χ0n) is 12.9. The van der Waals surface area contributed by atoms with Gasteiger partial charge < -0.3 is 9.73 Å². The molecule has 2 N–H and O–H groups in total. The minimum absolute atomic E-state index is 0.0395. The van der Waals surface area contributed by atoms with Gasteiger partial charge in [-0.25, -0.2) is 0 Å². The summed E-state index contributed by atoms with van der Waals surface area (Å²) in [6.07, 6.45) is 0. The first-order chi connectivity index (χ1) is 12.2. The molecule has 1 aromatic heterocycles. The van der Waals surface area contributed by atoms with Gasteiger partial charge >= 0.3 is 6.01 Å². The molecule has 126 valence electrons. The Morgan fingerprint density at radius 2 is 1.68 bits per heavy atom. The SMILES string of the molecule is O=C(CCl)Nc1ccccc1C(=O)Nc1nnc(-c2ccccc2)o1. The highest BCUT2D eigenvalue weighted by molar-refractivity contribution is 6.29. The van der Waals surface area contributed by atoms with Crippen molar-refractivity contribution in [1.29, 1.82) is 0 Å². The average molecular weight is 357 g/mol. The Balaban J connectivity index is 1.77. The molecule has 8 heteroatoms. The zero-order chi connectivity index (χ0) is 17.6. The maximum atomic E-state index is 12.4. The number of hydrogen-bond acceptors (Lipinski definition) is 5. The number of halogens is 1. The second kappa shape index (κ2) is 7.59. The lowest BCUT2D eigenvalue weighted by atomic mass is 10.1. The number of alkyl halides is 1. The fraction of sp³-hybridized carbons (Fsp3) is 0.0588. The van der Waals surface area contributed by atoms with Crippen LogP contribution in [0.4, 0.5) is 11.7 Å². The second-order valence-corrected chi connectivity index (χ2v) is 5.23. The first-order valence-corrected chi connectivity index (χ1v) is 7.86. The Hall–Kier alpha value is -3.19. The number of rotatable bonds is 5. The van der Waals surface area contributed by atoms with E-state index in [9.17, 15) is 9.59 Å². The summed E-state index contributed by atoms with van der Waals surface area (Å²) in [5, 5.41) is 12.8. The molecule has 1 heterocycles. The summed E-state index contributed by atoms with van der Waals surface area (Å²) in [4.78, 5) is 23.9. The molecule has 2 amide bonds. The molecule has 0 aliphatic heterocycles. The number of nitrogens with one attached hydrogen (secondary N) is 2. The second-order valence-electron chi connectivity index (χ2n) is 4.96. The molecule has 0 bridgehead atoms. The summed E-state index contributed by atoms with van der Waals surface area (Å²) in [5.41, 5.74) is 1.33. The molecular formula is C17H13ClN4O3. The molecule has 0 radical (unpaired) electrons. The van der Waals surface area contributed by atoms with Gasteiger partial charge in [-0.05, 0) is 24.3 Å². The topological polar surface area (TPSA) is 97.1 Å². The molecule has 0 atom stereocenters. The van der Waals surface area contributed by atoms with Gasteiger partial charge in [-0.1, -0.05) is 35.4 Å². The number of carbonyl (C=O) groups excluding carboxylic acids is 2. The lowest BCUT2D eigenvalue weighted by Gasteiger charge is -2.08. The van der Waals surface area contributed by atoms with Gasteiger partial charge in [0, 0.05) is 5.56 Å². The van der Waals surface area contributed by atoms with E-state index in [-0.39, 0.29) is 17.5 Å². The smallest absolute Gasteiger partial charge is 0.322 e. The summed E-state index contributed by atoms with van der Waals surface area (Å²) in [6.45, 7) is 0. The molecule has 0 fully saturated rings. The van der Waals surface area contributed by atoms with Gasteiger partial charge in [-0.15, -0.1) is 16.7 Å². The zero-order valence-corrected chi connectivity index (χ0v) is 13.7. The van der Waals surface area contributed by atoms with E-state index in [1.807, 2.05) is 30.3 Å². The highest BCUT2D eigenvalue weighted by atomic mass is 35.5. The van der Waals surface area contributed by atoms with Gasteiger partial charge in [-0.3, -0.25) is 14.9 Å². The van der Waals surface area contributed by atoms with Crippen LogP contribution in [0.3, 0.4) is 0 Å². The van der Waals surface area contributed by atoms with Gasteiger partial charge in [0.2, 0.25) is 11.8 Å². The van der Waals surface area contributed by atoms with E-state index in [1.165, 1.54) is 0 Å². The van der Waals surface area contributed by atoms with Crippen LogP contribution in [-0.4, -0.2) is 27.9 Å². The van der Waals surface area contributed by atoms with E-state index in [1.54, 1.807) is 24.3 Å². The third kappa shape index (κ3) is 4.02. The van der Waals surface area contributed by atoms with Gasteiger partial charge in [0.15, 0.2) is 0 Å². The predicted molar refractivity (Wildman–Crippen MR) is 93.5 cm³/mol. The number of hydrogen-bond donors (Lipinski definition) is 2. The normalized spacial score (nSPS) is 10.3. The molecule has 3 aromatic rings. The van der Waals surface area contributed by atoms with Crippen LogP contribution in [0.25, 0.3) is 11.5 Å². The van der Waals surface area contributed by atoms with E-state index in [4.69, 9.17) is 16.0 Å². The molecule has 0 saturated carbocycles. The van der Waals surface area contributed by atoms with E-state index in [0.717, 1.165) is 5.56 Å². The van der Waals surface area contributed by atoms with Gasteiger partial charge in [0.1, 0.15) is 5.88 Å². The molecule has 3 rings (SSSR count). The number of para-hydroxylation sites is 1. The molecule has 0 aliphatic carbocycles. The fourth-order valence-electron chi connectivity index (χ4n) is 2.11. The van der Waals surface area contributed by atoms with Crippen LogP contribution in [0.1, 0.15) is 10.4 Å². The summed E-state index contributed by atoms with van der Waals surface area (Å²) in [6, 6.07) is 15.7. The van der Waals surface area contributed by atoms with Gasteiger partial charge in [0.05, 0.1) is 11.3 Å². The van der Waals surface area contributed by atoms with Crippen LogP contribution in [-0.2, 0) is 4.79 Å². The first-order valence-electron chi connectivity index (χ1n) is 7.32. The van der Waals surface area contributed by atoms with Crippen molar-refractivity contribution in [3.63, 3.8) is 0 Å². The molecule has 7 nitrogen and oxygen atoms in total. The van der Waals surface area contributed by atoms with Crippen molar-refractivity contribution in [2.75, 3.05) is 16.5 Å². The highest BCUT2D eigenvalue weighted by Crippen LogP contribution is 2.21. The van der Waals surface area contributed by atoms with Crippen LogP contribution in [0, 0.1) is 0 Å². The number of anilines is 2. The number of amides is 2. The number of benzene rings is 2. The third-order valence-electron chi connectivity index (χ3n) is 3.23. The Morgan fingerprint density at radius 1 is 0.960 bits per heavy atom. The van der Waals surface area contributed by atoms with Crippen molar-refractivity contribution >= 4 is 35.1 Å². The van der Waals surface area contributed by atoms with Crippen LogP contribution in [0.5, 0.6) is 0 Å². The van der Waals surface area contributed by atoms with Gasteiger partial charge in [-0.2, -0.15) is 0 Å². The third-order valence-corrected chi connectivity index (χ3v) is 3.48. The van der Waals surface area contributed by atoms with E-state index >= 15 is 0 Å². The highest BCUT2D eigenvalue weighted by Gasteiger charge is 2.16. The lowest BCUT2D eigenvalue weighted by molar-refractivity contribution is -0.113. The van der Waals surface area contributed by atoms with Crippen LogP contribution in [0.15, 0.2) is 59.0 Å². The quantitative estimate of drug-likeness (QED) is 0.684. The van der Waals surface area contributed by atoms with Crippen LogP contribution >= 0.6 is 11.6 Å². The minimum Gasteiger partial charge on any atom is -0.403 e. The molecule has 25 heavy (non-hydrogen) atoms. The Bertz CT molecular complexity index is 896. The maximum Gasteiger partial charge on any atom is 0.322 e. The summed E-state index contributed by atoms with van der Waals surface area (Å²) < 4.78 is 5.44. The van der Waals surface area contributed by atoms with E-state index in [0.29, 0.717) is 11.6 Å². The molecule has 0 saturated heterocycles. The van der Waals surface area contributed by atoms with E-state index < -0.39 is 11.8 Å². The van der Waals surface area contributed by atoms with Crippen LogP contribution < -0.4 is 10.6 Å². The maximum absolute atomic E-state index is 12.4. The Morgan fingerprint density at radius 3 is 2.44 bits per heavy atom. The summed E-state index contributed by atoms with van der Waals surface area (Å²) in [5.74, 6) is -0.820. The van der Waals surface area contributed by atoms with Crippen molar-refractivity contribution in [2.45, 2.75) is 0 Å². The van der Waals surface area contributed by atoms with Crippen LogP contribution in [0.2, 0.25) is 0 Å².